The number of aromatic nitrogens is 1. The number of aryl methyl sites for hydroxylation is 2. The number of hydrogen-bond donors (Lipinski definition) is 1. The van der Waals surface area contributed by atoms with Crippen LogP contribution in [0.4, 0.5) is 5.69 Å². The third-order valence-electron chi connectivity index (χ3n) is 7.47. The number of carbonyl (C=O) groups is 2. The van der Waals surface area contributed by atoms with Crippen LogP contribution in [0.5, 0.6) is 0 Å². The summed E-state index contributed by atoms with van der Waals surface area (Å²) in [7, 11) is 0. The smallest absolute Gasteiger partial charge is 0.275 e. The molecule has 0 spiro atoms. The molecular weight excluding hydrogens is 410 g/mol. The Kier molecular flexibility index (Phi) is 5.51. The largest absolute Gasteiger partial charge is 0.351 e. The normalized spacial score (nSPS) is 21.7. The third-order valence-corrected chi connectivity index (χ3v) is 7.47. The van der Waals surface area contributed by atoms with Gasteiger partial charge in [-0.1, -0.05) is 61.6 Å². The van der Waals surface area contributed by atoms with Crippen molar-refractivity contribution in [1.82, 2.24) is 9.88 Å². The quantitative estimate of drug-likeness (QED) is 0.542. The van der Waals surface area contributed by atoms with Crippen LogP contribution in [0.3, 0.4) is 0 Å². The molecule has 5 nitrogen and oxygen atoms in total. The van der Waals surface area contributed by atoms with Crippen molar-refractivity contribution in [3.63, 3.8) is 0 Å². The molecule has 1 atom stereocenters. The van der Waals surface area contributed by atoms with Crippen LogP contribution in [-0.2, 0) is 11.3 Å². The van der Waals surface area contributed by atoms with Crippen LogP contribution in [0.25, 0.3) is 10.9 Å². The Bertz CT molecular complexity index is 1220. The van der Waals surface area contributed by atoms with Crippen LogP contribution in [0.2, 0.25) is 0 Å². The topological polar surface area (TPSA) is 54.3 Å². The average molecular weight is 444 g/mol. The molecule has 5 rings (SSSR count). The summed E-state index contributed by atoms with van der Waals surface area (Å²) in [6.07, 6.45) is 6.78. The maximum atomic E-state index is 14.0. The number of carbonyl (C=O) groups excluding carboxylic acids is 2. The summed E-state index contributed by atoms with van der Waals surface area (Å²) >= 11 is 0. The van der Waals surface area contributed by atoms with Gasteiger partial charge < -0.3 is 9.88 Å². The molecule has 0 bridgehead atoms. The van der Waals surface area contributed by atoms with E-state index in [4.69, 9.17) is 0 Å². The van der Waals surface area contributed by atoms with Crippen LogP contribution in [0.15, 0.2) is 48.5 Å². The van der Waals surface area contributed by atoms with E-state index >= 15 is 0 Å². The molecule has 1 aliphatic heterocycles. The van der Waals surface area contributed by atoms with E-state index in [0.717, 1.165) is 53.4 Å². The summed E-state index contributed by atoms with van der Waals surface area (Å²) in [5.74, 6) is -0.186. The van der Waals surface area contributed by atoms with Gasteiger partial charge in [0.25, 0.3) is 5.91 Å². The predicted molar refractivity (Wildman–Crippen MR) is 133 cm³/mol. The molecule has 2 amide bonds. The number of nitrogens with one attached hydrogen (secondary N) is 1. The highest BCUT2D eigenvalue weighted by atomic mass is 16.2. The molecule has 2 aromatic carbocycles. The Labute approximate surface area is 195 Å². The van der Waals surface area contributed by atoms with Crippen LogP contribution < -0.4 is 10.2 Å². The molecule has 1 saturated carbocycles. The van der Waals surface area contributed by atoms with Gasteiger partial charge in [-0.2, -0.15) is 0 Å². The average Bonchev–Trinajstić information content (AvgIpc) is 2.96. The van der Waals surface area contributed by atoms with Gasteiger partial charge in [-0.25, -0.2) is 0 Å². The summed E-state index contributed by atoms with van der Waals surface area (Å²) in [6, 6.07) is 16.2. The number of anilines is 1. The van der Waals surface area contributed by atoms with Crippen LogP contribution in [0, 0.1) is 13.8 Å². The second kappa shape index (κ2) is 8.36. The third kappa shape index (κ3) is 3.73. The lowest BCUT2D eigenvalue weighted by atomic mass is 9.92. The van der Waals surface area contributed by atoms with E-state index in [1.165, 1.54) is 12.8 Å². The van der Waals surface area contributed by atoms with E-state index in [9.17, 15) is 9.59 Å². The van der Waals surface area contributed by atoms with Crippen LogP contribution in [0.1, 0.15) is 67.1 Å². The molecule has 5 heteroatoms. The Balaban J connectivity index is 1.61. The zero-order valence-electron chi connectivity index (χ0n) is 19.9. The molecule has 2 heterocycles. The Morgan fingerprint density at radius 3 is 2.45 bits per heavy atom. The van der Waals surface area contributed by atoms with Gasteiger partial charge in [-0.05, 0) is 57.4 Å². The zero-order valence-corrected chi connectivity index (χ0v) is 19.9. The van der Waals surface area contributed by atoms with Crippen molar-refractivity contribution in [3.05, 3.63) is 65.4 Å². The molecule has 1 aromatic heterocycles. The Morgan fingerprint density at radius 1 is 1.00 bits per heavy atom. The highest BCUT2D eigenvalue weighted by Gasteiger charge is 2.49. The van der Waals surface area contributed by atoms with E-state index in [0.29, 0.717) is 12.2 Å². The van der Waals surface area contributed by atoms with Crippen molar-refractivity contribution in [2.75, 3.05) is 4.90 Å². The summed E-state index contributed by atoms with van der Waals surface area (Å²) in [5.41, 5.74) is 3.55. The molecule has 1 N–H and O–H groups in total. The van der Waals surface area contributed by atoms with E-state index in [2.05, 4.69) is 11.4 Å². The maximum absolute atomic E-state index is 14.0. The van der Waals surface area contributed by atoms with E-state index < -0.39 is 5.54 Å². The van der Waals surface area contributed by atoms with Crippen LogP contribution >= 0.6 is 0 Å². The number of nitrogens with zero attached hydrogens (tertiary/aromatic N) is 2. The number of amides is 2. The van der Waals surface area contributed by atoms with Crippen molar-refractivity contribution in [2.24, 2.45) is 0 Å². The highest BCUT2D eigenvalue weighted by molar-refractivity contribution is 6.14. The minimum Gasteiger partial charge on any atom is -0.351 e. The fourth-order valence-electron chi connectivity index (χ4n) is 5.64. The minimum atomic E-state index is -1.03. The Hall–Kier alpha value is -3.08. The minimum absolute atomic E-state index is 0.0637. The maximum Gasteiger partial charge on any atom is 0.275 e. The number of para-hydroxylation sites is 1. The van der Waals surface area contributed by atoms with E-state index in [1.807, 2.05) is 67.8 Å². The summed E-state index contributed by atoms with van der Waals surface area (Å²) in [6.45, 7) is 6.41. The van der Waals surface area contributed by atoms with Crippen molar-refractivity contribution < 1.29 is 9.59 Å². The van der Waals surface area contributed by atoms with Gasteiger partial charge >= 0.3 is 0 Å². The van der Waals surface area contributed by atoms with Crippen molar-refractivity contribution in [3.8, 4) is 0 Å². The standard InChI is InChI=1S/C28H33N3O2/c1-19-14-15-23(20(2)16-19)31-26(32)25-17-21-10-8-9-13-24(21)30(25)18-28(31,3)27(33)29-22-11-6-4-5-7-12-22/h8-10,13-17,22H,4-7,11-12,18H2,1-3H3,(H,29,33)/t28-/m0/s1. The van der Waals surface area contributed by atoms with Gasteiger partial charge in [0, 0.05) is 22.6 Å². The predicted octanol–water partition coefficient (Wildman–Crippen LogP) is 5.52. The van der Waals surface area contributed by atoms with Crippen molar-refractivity contribution in [1.29, 1.82) is 0 Å². The molecule has 1 aliphatic carbocycles. The van der Waals surface area contributed by atoms with Crippen LogP contribution in [-0.4, -0.2) is 28.0 Å². The first-order chi connectivity index (χ1) is 15.9. The molecule has 33 heavy (non-hydrogen) atoms. The number of fused-ring (bicyclic) bond motifs is 3. The number of rotatable bonds is 3. The second-order valence-corrected chi connectivity index (χ2v) is 10.0. The molecule has 172 valence electrons. The van der Waals surface area contributed by atoms with Gasteiger partial charge in [0.1, 0.15) is 11.2 Å². The van der Waals surface area contributed by atoms with E-state index in [1.54, 1.807) is 4.90 Å². The summed E-state index contributed by atoms with van der Waals surface area (Å²) in [5, 5.41) is 4.37. The molecular formula is C28H33N3O2. The Morgan fingerprint density at radius 2 is 1.73 bits per heavy atom. The first-order valence-electron chi connectivity index (χ1n) is 12.2. The van der Waals surface area contributed by atoms with Gasteiger partial charge in [-0.15, -0.1) is 0 Å². The van der Waals surface area contributed by atoms with Gasteiger partial charge in [0.05, 0.1) is 6.54 Å². The lowest BCUT2D eigenvalue weighted by molar-refractivity contribution is -0.127. The summed E-state index contributed by atoms with van der Waals surface area (Å²) < 4.78 is 2.03. The second-order valence-electron chi connectivity index (χ2n) is 10.0. The van der Waals surface area contributed by atoms with Gasteiger partial charge in [-0.3, -0.25) is 14.5 Å². The van der Waals surface area contributed by atoms with Crippen molar-refractivity contribution in [2.45, 2.75) is 77.4 Å². The molecule has 0 unspecified atom stereocenters. The molecule has 0 radical (unpaired) electrons. The van der Waals surface area contributed by atoms with Gasteiger partial charge in [0.2, 0.25) is 5.91 Å². The summed E-state index contributed by atoms with van der Waals surface area (Å²) in [4.78, 5) is 29.7. The fraction of sp³-hybridized carbons (Fsp3) is 0.429. The molecule has 2 aliphatic rings. The zero-order chi connectivity index (χ0) is 23.2. The lowest BCUT2D eigenvalue weighted by Crippen LogP contribution is -2.65. The van der Waals surface area contributed by atoms with E-state index in [-0.39, 0.29) is 17.9 Å². The number of hydrogen-bond acceptors (Lipinski definition) is 2. The molecule has 0 saturated heterocycles. The first kappa shape index (κ1) is 21.7. The fourth-order valence-corrected chi connectivity index (χ4v) is 5.64. The highest BCUT2D eigenvalue weighted by Crippen LogP contribution is 2.37. The monoisotopic (exact) mass is 443 g/mol. The molecule has 3 aromatic rings. The molecule has 1 fully saturated rings. The first-order valence-corrected chi connectivity index (χ1v) is 12.2. The number of benzene rings is 2. The van der Waals surface area contributed by atoms with Gasteiger partial charge in [0.15, 0.2) is 0 Å². The SMILES string of the molecule is Cc1ccc(N2C(=O)c3cc4ccccc4n3C[C@@]2(C)C(=O)NC2CCCCCC2)c(C)c1. The van der Waals surface area contributed by atoms with Crippen molar-refractivity contribution >= 4 is 28.4 Å². The lowest BCUT2D eigenvalue weighted by Gasteiger charge is -2.45.